The van der Waals surface area contributed by atoms with Crippen LogP contribution in [0.5, 0.6) is 5.75 Å². The molecule has 0 aromatic heterocycles. The molecular formula is C25H29N3O3. The van der Waals surface area contributed by atoms with Gasteiger partial charge in [0.25, 0.3) is 0 Å². The lowest BCUT2D eigenvalue weighted by molar-refractivity contribution is -0.119. The van der Waals surface area contributed by atoms with Crippen LogP contribution >= 0.6 is 0 Å². The van der Waals surface area contributed by atoms with Crippen molar-refractivity contribution in [2.75, 3.05) is 29.9 Å². The van der Waals surface area contributed by atoms with Crippen molar-refractivity contribution in [1.29, 1.82) is 0 Å². The average Bonchev–Trinajstić information content (AvgIpc) is 2.79. The topological polar surface area (TPSA) is 70.7 Å². The minimum Gasteiger partial charge on any atom is -0.494 e. The van der Waals surface area contributed by atoms with Crippen LogP contribution in [0.2, 0.25) is 0 Å². The van der Waals surface area contributed by atoms with Crippen molar-refractivity contribution < 1.29 is 14.3 Å². The van der Waals surface area contributed by atoms with E-state index in [4.69, 9.17) is 4.74 Å². The summed E-state index contributed by atoms with van der Waals surface area (Å²) >= 11 is 0. The number of ether oxygens (including phenoxy) is 1. The van der Waals surface area contributed by atoms with Gasteiger partial charge in [0.15, 0.2) is 0 Å². The Kier molecular flexibility index (Phi) is 8.36. The molecule has 0 atom stereocenters. The first kappa shape index (κ1) is 22.2. The lowest BCUT2D eigenvalue weighted by Crippen LogP contribution is -2.35. The van der Waals surface area contributed by atoms with E-state index in [1.807, 2.05) is 41.3 Å². The zero-order valence-electron chi connectivity index (χ0n) is 17.9. The van der Waals surface area contributed by atoms with Gasteiger partial charge in [-0.15, -0.1) is 0 Å². The van der Waals surface area contributed by atoms with Gasteiger partial charge in [0.2, 0.25) is 5.91 Å². The van der Waals surface area contributed by atoms with E-state index < -0.39 is 0 Å². The summed E-state index contributed by atoms with van der Waals surface area (Å²) in [6.07, 6.45) is 4.74. The third-order valence-electron chi connectivity index (χ3n) is 4.95. The molecule has 0 unspecified atom stereocenters. The highest BCUT2D eigenvalue weighted by molar-refractivity contribution is 5.94. The summed E-state index contributed by atoms with van der Waals surface area (Å²) < 4.78 is 5.61. The third kappa shape index (κ3) is 7.07. The minimum absolute atomic E-state index is 0.180. The number of nitrogens with one attached hydrogen (secondary N) is 2. The summed E-state index contributed by atoms with van der Waals surface area (Å²) in [4.78, 5) is 25.8. The largest absolute Gasteiger partial charge is 0.494 e. The van der Waals surface area contributed by atoms with Crippen LogP contribution < -0.4 is 20.3 Å². The monoisotopic (exact) mass is 419 g/mol. The summed E-state index contributed by atoms with van der Waals surface area (Å²) in [7, 11) is 0. The Bertz CT molecular complexity index is 927. The van der Waals surface area contributed by atoms with Crippen LogP contribution in [0.15, 0.2) is 48.5 Å². The summed E-state index contributed by atoms with van der Waals surface area (Å²) in [5, 5.41) is 5.49. The third-order valence-corrected chi connectivity index (χ3v) is 4.95. The first-order chi connectivity index (χ1) is 15.2. The SMILES string of the molecule is CCCCOc1ccc(NC(=O)NCC#Cc2ccc(N3CCCCC3=O)cc2)cc1. The number of benzene rings is 2. The van der Waals surface area contributed by atoms with Crippen LogP contribution in [0.1, 0.15) is 44.6 Å². The molecule has 6 heteroatoms. The normalized spacial score (nSPS) is 13.2. The number of amides is 3. The zero-order valence-corrected chi connectivity index (χ0v) is 17.9. The second-order valence-electron chi connectivity index (χ2n) is 7.39. The quantitative estimate of drug-likeness (QED) is 0.511. The van der Waals surface area contributed by atoms with E-state index in [-0.39, 0.29) is 18.5 Å². The highest BCUT2D eigenvalue weighted by Crippen LogP contribution is 2.21. The van der Waals surface area contributed by atoms with E-state index in [1.165, 1.54) is 0 Å². The lowest BCUT2D eigenvalue weighted by atomic mass is 10.1. The fourth-order valence-corrected chi connectivity index (χ4v) is 3.22. The molecule has 3 rings (SSSR count). The molecule has 31 heavy (non-hydrogen) atoms. The van der Waals surface area contributed by atoms with Gasteiger partial charge in [0.05, 0.1) is 13.2 Å². The maximum Gasteiger partial charge on any atom is 0.319 e. The van der Waals surface area contributed by atoms with Crippen LogP contribution in [-0.2, 0) is 4.79 Å². The van der Waals surface area contributed by atoms with Crippen LogP contribution in [0.4, 0.5) is 16.2 Å². The van der Waals surface area contributed by atoms with E-state index in [0.29, 0.717) is 18.7 Å². The Morgan fingerprint density at radius 1 is 1.10 bits per heavy atom. The molecule has 1 fully saturated rings. The number of carbonyl (C=O) groups excluding carboxylic acids is 2. The summed E-state index contributed by atoms with van der Waals surface area (Å²) in [6.45, 7) is 3.82. The molecule has 162 valence electrons. The van der Waals surface area contributed by atoms with Gasteiger partial charge in [-0.1, -0.05) is 25.2 Å². The van der Waals surface area contributed by atoms with Crippen molar-refractivity contribution in [3.63, 3.8) is 0 Å². The van der Waals surface area contributed by atoms with E-state index in [0.717, 1.165) is 49.2 Å². The number of urea groups is 1. The first-order valence-corrected chi connectivity index (χ1v) is 10.8. The molecule has 6 nitrogen and oxygen atoms in total. The Morgan fingerprint density at radius 3 is 2.58 bits per heavy atom. The molecule has 1 aliphatic rings. The van der Waals surface area contributed by atoms with Gasteiger partial charge in [-0.2, -0.15) is 0 Å². The number of anilines is 2. The molecule has 0 spiro atoms. The van der Waals surface area contributed by atoms with Crippen LogP contribution in [0, 0.1) is 11.8 Å². The van der Waals surface area contributed by atoms with E-state index in [9.17, 15) is 9.59 Å². The number of unbranched alkanes of at least 4 members (excludes halogenated alkanes) is 1. The van der Waals surface area contributed by atoms with Gasteiger partial charge in [-0.25, -0.2) is 4.79 Å². The lowest BCUT2D eigenvalue weighted by Gasteiger charge is -2.26. The maximum absolute atomic E-state index is 12.0. The number of rotatable bonds is 7. The maximum atomic E-state index is 12.0. The molecular weight excluding hydrogens is 390 g/mol. The molecule has 2 aromatic carbocycles. The van der Waals surface area contributed by atoms with Crippen LogP contribution in [0.25, 0.3) is 0 Å². The van der Waals surface area contributed by atoms with E-state index >= 15 is 0 Å². The summed E-state index contributed by atoms with van der Waals surface area (Å²) in [5.41, 5.74) is 2.44. The number of hydrogen-bond acceptors (Lipinski definition) is 3. The second kappa shape index (κ2) is 11.7. The molecule has 1 heterocycles. The Labute approximate surface area is 184 Å². The molecule has 0 bridgehead atoms. The number of piperidine rings is 1. The van der Waals surface area contributed by atoms with Gasteiger partial charge in [-0.05, 0) is 67.8 Å². The molecule has 2 aromatic rings. The van der Waals surface area contributed by atoms with Gasteiger partial charge in [0.1, 0.15) is 5.75 Å². The predicted molar refractivity (Wildman–Crippen MR) is 123 cm³/mol. The number of hydrogen-bond donors (Lipinski definition) is 2. The highest BCUT2D eigenvalue weighted by Gasteiger charge is 2.19. The average molecular weight is 420 g/mol. The molecule has 3 amide bonds. The first-order valence-electron chi connectivity index (χ1n) is 10.8. The molecule has 0 radical (unpaired) electrons. The smallest absolute Gasteiger partial charge is 0.319 e. The van der Waals surface area contributed by atoms with E-state index in [1.54, 1.807) is 12.1 Å². The Balaban J connectivity index is 1.42. The van der Waals surface area contributed by atoms with Crippen molar-refractivity contribution in [2.24, 2.45) is 0 Å². The van der Waals surface area contributed by atoms with Crippen LogP contribution in [0.3, 0.4) is 0 Å². The molecule has 1 aliphatic heterocycles. The molecule has 2 N–H and O–H groups in total. The van der Waals surface area contributed by atoms with Crippen molar-refractivity contribution in [3.05, 3.63) is 54.1 Å². The Hall–Kier alpha value is -3.46. The second-order valence-corrected chi connectivity index (χ2v) is 7.39. The minimum atomic E-state index is -0.312. The van der Waals surface area contributed by atoms with Gasteiger partial charge < -0.3 is 20.3 Å². The molecule has 0 saturated carbocycles. The number of carbonyl (C=O) groups is 2. The van der Waals surface area contributed by atoms with Gasteiger partial charge in [0, 0.05) is 29.9 Å². The Morgan fingerprint density at radius 2 is 1.87 bits per heavy atom. The van der Waals surface area contributed by atoms with Crippen molar-refractivity contribution in [3.8, 4) is 17.6 Å². The zero-order chi connectivity index (χ0) is 21.9. The molecule has 0 aliphatic carbocycles. The van der Waals surface area contributed by atoms with Crippen molar-refractivity contribution >= 4 is 23.3 Å². The summed E-state index contributed by atoms with van der Waals surface area (Å²) in [6, 6.07) is 14.6. The van der Waals surface area contributed by atoms with Crippen molar-refractivity contribution in [1.82, 2.24) is 5.32 Å². The fraction of sp³-hybridized carbons (Fsp3) is 0.360. The standard InChI is InChI=1S/C25H29N3O3/c1-2-3-19-31-23-15-11-21(12-16-23)27-25(30)26-17-6-7-20-9-13-22(14-10-20)28-18-5-4-8-24(28)29/h9-16H,2-5,8,17-19H2,1H3,(H2,26,27,30). The van der Waals surface area contributed by atoms with Gasteiger partial charge >= 0.3 is 6.03 Å². The highest BCUT2D eigenvalue weighted by atomic mass is 16.5. The van der Waals surface area contributed by atoms with Crippen molar-refractivity contribution in [2.45, 2.75) is 39.0 Å². The fourth-order valence-electron chi connectivity index (χ4n) is 3.22. The van der Waals surface area contributed by atoms with E-state index in [2.05, 4.69) is 29.4 Å². The number of nitrogens with zero attached hydrogens (tertiary/aromatic N) is 1. The predicted octanol–water partition coefficient (Wildman–Crippen LogP) is 4.56. The molecule has 1 saturated heterocycles. The summed E-state index contributed by atoms with van der Waals surface area (Å²) in [5.74, 6) is 6.94. The van der Waals surface area contributed by atoms with Gasteiger partial charge in [-0.3, -0.25) is 4.79 Å². The van der Waals surface area contributed by atoms with Crippen LogP contribution in [-0.4, -0.2) is 31.6 Å².